The van der Waals surface area contributed by atoms with E-state index in [9.17, 15) is 4.39 Å². The summed E-state index contributed by atoms with van der Waals surface area (Å²) in [6, 6.07) is 23.1. The highest BCUT2D eigenvalue weighted by molar-refractivity contribution is 6.05. The van der Waals surface area contributed by atoms with E-state index in [-0.39, 0.29) is 12.0 Å². The molecule has 0 saturated carbocycles. The Bertz CT molecular complexity index is 1480. The first-order valence-electron chi connectivity index (χ1n) is 12.5. The lowest BCUT2D eigenvalue weighted by molar-refractivity contribution is 0.361. The third kappa shape index (κ3) is 4.37. The van der Waals surface area contributed by atoms with E-state index in [0.29, 0.717) is 0 Å². The average Bonchev–Trinajstić information content (AvgIpc) is 3.54. The van der Waals surface area contributed by atoms with Gasteiger partial charge in [0.25, 0.3) is 0 Å². The lowest BCUT2D eigenvalue weighted by Gasteiger charge is -2.38. The van der Waals surface area contributed by atoms with Gasteiger partial charge in [0.1, 0.15) is 17.4 Å². The van der Waals surface area contributed by atoms with Crippen molar-refractivity contribution in [1.82, 2.24) is 14.6 Å². The van der Waals surface area contributed by atoms with Gasteiger partial charge in [0.15, 0.2) is 6.17 Å². The van der Waals surface area contributed by atoms with E-state index in [4.69, 9.17) is 9.73 Å². The molecular weight excluding hydrogens is 465 g/mol. The minimum Gasteiger partial charge on any atom is -0.495 e. The zero-order valence-corrected chi connectivity index (χ0v) is 20.9. The molecule has 0 bridgehead atoms. The first-order valence-corrected chi connectivity index (χ1v) is 12.5. The van der Waals surface area contributed by atoms with Crippen LogP contribution in [0.4, 0.5) is 10.1 Å². The molecule has 37 heavy (non-hydrogen) atoms. The van der Waals surface area contributed by atoms with Crippen molar-refractivity contribution < 1.29 is 9.13 Å². The number of nitrogens with zero attached hydrogens (tertiary/aromatic N) is 5. The number of ether oxygens (including phenoxy) is 1. The lowest BCUT2D eigenvalue weighted by atomic mass is 10.0. The average molecular weight is 494 g/mol. The van der Waals surface area contributed by atoms with Crippen LogP contribution in [-0.2, 0) is 0 Å². The van der Waals surface area contributed by atoms with Gasteiger partial charge >= 0.3 is 0 Å². The number of halogens is 1. The maximum Gasteiger partial charge on any atom is 0.168 e. The van der Waals surface area contributed by atoms with Crippen LogP contribution in [0.15, 0.2) is 95.9 Å². The number of fused-ring (bicyclic) bond motifs is 1. The maximum atomic E-state index is 13.7. The molecule has 2 aliphatic heterocycles. The summed E-state index contributed by atoms with van der Waals surface area (Å²) in [7, 11) is 1.69. The van der Waals surface area contributed by atoms with Gasteiger partial charge in [0, 0.05) is 12.7 Å². The summed E-state index contributed by atoms with van der Waals surface area (Å²) >= 11 is 0. The minimum atomic E-state index is -0.247. The molecule has 0 aliphatic carbocycles. The second-order valence-corrected chi connectivity index (χ2v) is 9.31. The van der Waals surface area contributed by atoms with Crippen LogP contribution >= 0.6 is 0 Å². The fraction of sp³-hybridized carbons (Fsp3) is 0.200. The Morgan fingerprint density at radius 3 is 2.57 bits per heavy atom. The molecule has 0 N–H and O–H groups in total. The molecule has 1 atom stereocenters. The topological polar surface area (TPSA) is 45.9 Å². The van der Waals surface area contributed by atoms with Crippen molar-refractivity contribution in [2.24, 2.45) is 4.99 Å². The van der Waals surface area contributed by atoms with Crippen LogP contribution in [0.3, 0.4) is 0 Å². The molecular formula is C30H28FN5O. The smallest absolute Gasteiger partial charge is 0.168 e. The molecule has 186 valence electrons. The van der Waals surface area contributed by atoms with Crippen molar-refractivity contribution in [2.45, 2.75) is 25.9 Å². The number of hydrazine groups is 1. The van der Waals surface area contributed by atoms with E-state index < -0.39 is 0 Å². The Hall–Kier alpha value is -4.39. The summed E-state index contributed by atoms with van der Waals surface area (Å²) in [5.41, 5.74) is 6.12. The van der Waals surface area contributed by atoms with Crippen molar-refractivity contribution >= 4 is 17.6 Å². The number of aromatic nitrogens is 2. The summed E-state index contributed by atoms with van der Waals surface area (Å²) in [5.74, 6) is 1.49. The molecule has 3 heterocycles. The maximum absolute atomic E-state index is 13.7. The summed E-state index contributed by atoms with van der Waals surface area (Å²) in [5, 5.41) is 4.42. The Balaban J connectivity index is 1.39. The highest BCUT2D eigenvalue weighted by atomic mass is 19.1. The number of methoxy groups -OCH3 is 1. The van der Waals surface area contributed by atoms with Crippen molar-refractivity contribution in [2.75, 3.05) is 18.7 Å². The Morgan fingerprint density at radius 2 is 1.84 bits per heavy atom. The predicted molar refractivity (Wildman–Crippen MR) is 144 cm³/mol. The normalized spacial score (nSPS) is 18.2. The summed E-state index contributed by atoms with van der Waals surface area (Å²) in [6.07, 6.45) is 7.69. The van der Waals surface area contributed by atoms with Crippen LogP contribution in [0, 0.1) is 12.7 Å². The van der Waals surface area contributed by atoms with E-state index >= 15 is 0 Å². The molecule has 2 aliphatic rings. The molecule has 6 nitrogen and oxygen atoms in total. The second kappa shape index (κ2) is 9.58. The number of anilines is 1. The molecule has 1 saturated heterocycles. The Kier molecular flexibility index (Phi) is 5.96. The predicted octanol–water partition coefficient (Wildman–Crippen LogP) is 6.34. The third-order valence-electron chi connectivity index (χ3n) is 6.81. The molecule has 7 heteroatoms. The number of imidazole rings is 1. The Labute approximate surface area is 215 Å². The number of hydrogen-bond donors (Lipinski definition) is 0. The summed E-state index contributed by atoms with van der Waals surface area (Å²) < 4.78 is 21.4. The van der Waals surface area contributed by atoms with Crippen LogP contribution in [0.2, 0.25) is 0 Å². The van der Waals surface area contributed by atoms with Gasteiger partial charge in [-0.2, -0.15) is 0 Å². The van der Waals surface area contributed by atoms with Gasteiger partial charge in [0.2, 0.25) is 0 Å². The minimum absolute atomic E-state index is 0.218. The fourth-order valence-electron chi connectivity index (χ4n) is 5.07. The van der Waals surface area contributed by atoms with Gasteiger partial charge in [-0.25, -0.2) is 14.4 Å². The van der Waals surface area contributed by atoms with Gasteiger partial charge in [-0.15, -0.1) is 0 Å². The number of rotatable bonds is 5. The van der Waals surface area contributed by atoms with Crippen molar-refractivity contribution in [1.29, 1.82) is 0 Å². The number of hydrogen-bond acceptors (Lipinski definition) is 5. The van der Waals surface area contributed by atoms with E-state index in [1.165, 1.54) is 17.7 Å². The summed E-state index contributed by atoms with van der Waals surface area (Å²) in [6.45, 7) is 2.82. The fourth-order valence-corrected chi connectivity index (χ4v) is 5.07. The van der Waals surface area contributed by atoms with Gasteiger partial charge < -0.3 is 9.30 Å². The highest BCUT2D eigenvalue weighted by Crippen LogP contribution is 2.39. The number of benzene rings is 3. The van der Waals surface area contributed by atoms with Gasteiger partial charge in [-0.3, -0.25) is 10.0 Å². The zero-order valence-electron chi connectivity index (χ0n) is 20.9. The van der Waals surface area contributed by atoms with E-state index in [0.717, 1.165) is 59.2 Å². The molecule has 4 aromatic rings. The molecule has 0 spiro atoms. The SMILES string of the molecule is COc1cc(C=C2CCCN3C2=NC(c2ccccc2)N3c2ccc(F)cc2)ccc1-n1cnc(C)c1. The van der Waals surface area contributed by atoms with E-state index in [1.54, 1.807) is 13.4 Å². The van der Waals surface area contributed by atoms with E-state index in [1.807, 2.05) is 48.0 Å². The highest BCUT2D eigenvalue weighted by Gasteiger charge is 2.38. The first-order chi connectivity index (χ1) is 18.1. The Morgan fingerprint density at radius 1 is 1.03 bits per heavy atom. The monoisotopic (exact) mass is 493 g/mol. The number of aliphatic imine (C=N–C) groups is 1. The van der Waals surface area contributed by atoms with Crippen molar-refractivity contribution in [3.8, 4) is 11.4 Å². The van der Waals surface area contributed by atoms with Crippen LogP contribution in [0.5, 0.6) is 5.75 Å². The van der Waals surface area contributed by atoms with Crippen LogP contribution in [-0.4, -0.2) is 34.1 Å². The van der Waals surface area contributed by atoms with Gasteiger partial charge in [-0.1, -0.05) is 36.4 Å². The lowest BCUT2D eigenvalue weighted by Crippen LogP contribution is -2.45. The quantitative estimate of drug-likeness (QED) is 0.325. The molecule has 1 unspecified atom stereocenters. The molecule has 1 fully saturated rings. The van der Waals surface area contributed by atoms with Crippen molar-refractivity contribution in [3.63, 3.8) is 0 Å². The molecule has 6 rings (SSSR count). The first kappa shape index (κ1) is 23.0. The zero-order chi connectivity index (χ0) is 25.4. The summed E-state index contributed by atoms with van der Waals surface area (Å²) in [4.78, 5) is 9.55. The largest absolute Gasteiger partial charge is 0.495 e. The molecule has 1 aromatic heterocycles. The van der Waals surface area contributed by atoms with Crippen LogP contribution in [0.25, 0.3) is 11.8 Å². The van der Waals surface area contributed by atoms with Crippen LogP contribution in [0.1, 0.15) is 35.8 Å². The standard InChI is InChI=1S/C30H28FN5O/c1-21-19-34(20-32-21)27-15-10-22(18-28(27)37-2)17-24-9-6-16-35-29(24)33-30(23-7-4-3-5-8-23)36(35)26-13-11-25(31)12-14-26/h3-5,7-8,10-15,17-20,30H,6,9,16H2,1-2H3. The number of aryl methyl sites for hydroxylation is 1. The molecule has 0 radical (unpaired) electrons. The number of piperidine rings is 1. The number of amidine groups is 1. The van der Waals surface area contributed by atoms with Gasteiger partial charge in [0.05, 0.1) is 30.5 Å². The second-order valence-electron chi connectivity index (χ2n) is 9.31. The molecule has 3 aromatic carbocycles. The molecule has 0 amide bonds. The van der Waals surface area contributed by atoms with Gasteiger partial charge in [-0.05, 0) is 78.9 Å². The van der Waals surface area contributed by atoms with Crippen LogP contribution < -0.4 is 9.75 Å². The third-order valence-corrected chi connectivity index (χ3v) is 6.81. The van der Waals surface area contributed by atoms with Crippen molar-refractivity contribution in [3.05, 3.63) is 114 Å². The van der Waals surface area contributed by atoms with E-state index in [2.05, 4.69) is 51.4 Å².